The predicted molar refractivity (Wildman–Crippen MR) is 170 cm³/mol. The van der Waals surface area contributed by atoms with E-state index in [1.165, 1.54) is 16.7 Å². The van der Waals surface area contributed by atoms with Crippen LogP contribution in [0, 0.1) is 0 Å². The zero-order chi connectivity index (χ0) is 28.0. The minimum absolute atomic E-state index is 0.277. The van der Waals surface area contributed by atoms with E-state index in [1.807, 2.05) is 12.1 Å². The molecule has 8 aromatic rings. The van der Waals surface area contributed by atoms with Crippen molar-refractivity contribution < 1.29 is 0 Å². The molecule has 5 nitrogen and oxygen atoms in total. The maximum atomic E-state index is 5.33. The van der Waals surface area contributed by atoms with E-state index in [0.29, 0.717) is 5.95 Å². The Bertz CT molecular complexity index is 2380. The quantitative estimate of drug-likeness (QED) is 0.221. The molecule has 0 spiro atoms. The van der Waals surface area contributed by atoms with Crippen LogP contribution in [-0.4, -0.2) is 24.5 Å². The van der Waals surface area contributed by atoms with E-state index in [1.54, 1.807) is 12.4 Å². The van der Waals surface area contributed by atoms with E-state index in [2.05, 4.69) is 109 Å². The molecule has 0 amide bonds. The van der Waals surface area contributed by atoms with E-state index in [0.717, 1.165) is 60.6 Å². The lowest BCUT2D eigenvalue weighted by molar-refractivity contribution is 0.663. The van der Waals surface area contributed by atoms with Crippen molar-refractivity contribution in [2.75, 3.05) is 0 Å². The molecule has 0 saturated carbocycles. The average Bonchev–Trinajstić information content (AvgIpc) is 3.50. The van der Waals surface area contributed by atoms with Gasteiger partial charge in [0.2, 0.25) is 5.95 Å². The van der Waals surface area contributed by atoms with Crippen LogP contribution < -0.4 is 0 Å². The van der Waals surface area contributed by atoms with Crippen molar-refractivity contribution in [2.24, 2.45) is 0 Å². The summed E-state index contributed by atoms with van der Waals surface area (Å²) in [6.07, 6.45) is 3.60. The monoisotopic (exact) mass is 539 g/mol. The molecule has 198 valence electrons. The Morgan fingerprint density at radius 3 is 2.19 bits per heavy atom. The summed E-state index contributed by atoms with van der Waals surface area (Å²) in [5.74, 6) is 0.649. The number of nitrogens with zero attached hydrogens (tertiary/aromatic N) is 5. The molecule has 9 rings (SSSR count). The van der Waals surface area contributed by atoms with E-state index in [9.17, 15) is 0 Å². The number of benzene rings is 5. The van der Waals surface area contributed by atoms with E-state index < -0.39 is 0 Å². The van der Waals surface area contributed by atoms with Gasteiger partial charge in [0, 0.05) is 45.1 Å². The Balaban J connectivity index is 1.53. The van der Waals surface area contributed by atoms with Gasteiger partial charge in [0.25, 0.3) is 0 Å². The summed E-state index contributed by atoms with van der Waals surface area (Å²) < 4.78 is 2.27. The zero-order valence-corrected chi connectivity index (χ0v) is 23.2. The fourth-order valence-corrected chi connectivity index (χ4v) is 7.10. The largest absolute Gasteiger partial charge is 0.277 e. The van der Waals surface area contributed by atoms with Crippen molar-refractivity contribution in [3.8, 4) is 28.3 Å². The highest BCUT2D eigenvalue weighted by Gasteiger charge is 2.41. The van der Waals surface area contributed by atoms with Gasteiger partial charge in [-0.25, -0.2) is 9.97 Å². The van der Waals surface area contributed by atoms with Gasteiger partial charge in [0.05, 0.1) is 33.3 Å². The van der Waals surface area contributed by atoms with Crippen molar-refractivity contribution in [3.63, 3.8) is 0 Å². The van der Waals surface area contributed by atoms with Crippen molar-refractivity contribution in [1.29, 1.82) is 0 Å². The smallest absolute Gasteiger partial charge is 0.235 e. The fourth-order valence-electron chi connectivity index (χ4n) is 7.10. The Labute approximate surface area is 242 Å². The highest BCUT2D eigenvalue weighted by molar-refractivity contribution is 6.25. The van der Waals surface area contributed by atoms with Gasteiger partial charge < -0.3 is 0 Å². The van der Waals surface area contributed by atoms with E-state index >= 15 is 0 Å². The van der Waals surface area contributed by atoms with Crippen LogP contribution in [-0.2, 0) is 5.41 Å². The van der Waals surface area contributed by atoms with Crippen molar-refractivity contribution in [2.45, 2.75) is 19.3 Å². The summed E-state index contributed by atoms with van der Waals surface area (Å²) in [5.41, 5.74) is 11.5. The molecule has 3 heterocycles. The van der Waals surface area contributed by atoms with Gasteiger partial charge in [0.1, 0.15) is 0 Å². The highest BCUT2D eigenvalue weighted by Crippen LogP contribution is 2.55. The summed E-state index contributed by atoms with van der Waals surface area (Å²) >= 11 is 0. The van der Waals surface area contributed by atoms with Crippen LogP contribution in [0.3, 0.4) is 0 Å². The number of fused-ring (bicyclic) bond motifs is 11. The van der Waals surface area contributed by atoms with Crippen molar-refractivity contribution in [3.05, 3.63) is 127 Å². The molecule has 1 aliphatic carbocycles. The maximum absolute atomic E-state index is 5.33. The minimum atomic E-state index is -0.277. The Morgan fingerprint density at radius 2 is 1.33 bits per heavy atom. The van der Waals surface area contributed by atoms with Gasteiger partial charge in [-0.2, -0.15) is 0 Å². The molecule has 42 heavy (non-hydrogen) atoms. The second-order valence-corrected chi connectivity index (χ2v) is 11.5. The Morgan fingerprint density at radius 1 is 0.643 bits per heavy atom. The molecule has 0 N–H and O–H groups in total. The van der Waals surface area contributed by atoms with Gasteiger partial charge in [0.15, 0.2) is 0 Å². The molecule has 0 aliphatic heterocycles. The van der Waals surface area contributed by atoms with Gasteiger partial charge in [-0.05, 0) is 28.8 Å². The molecule has 0 atom stereocenters. The first kappa shape index (κ1) is 23.3. The van der Waals surface area contributed by atoms with E-state index in [4.69, 9.17) is 19.9 Å². The first-order valence-electron chi connectivity index (χ1n) is 14.3. The maximum Gasteiger partial charge on any atom is 0.235 e. The van der Waals surface area contributed by atoms with Crippen molar-refractivity contribution >= 4 is 43.7 Å². The third-order valence-corrected chi connectivity index (χ3v) is 8.87. The molecular formula is C37H25N5. The van der Waals surface area contributed by atoms with Crippen molar-refractivity contribution in [1.82, 2.24) is 24.5 Å². The standard InChI is InChI=1S/C37H25N5/c1-37(2)26-17-9-6-14-23(26)29-31(37)35-30(34-33(29)38-20-21-39-34)25-16-8-11-19-28(25)42(35)36-40-27-18-10-7-15-24(27)32(41-36)22-12-4-3-5-13-22/h3-21H,1-2H3. The van der Waals surface area contributed by atoms with Crippen LogP contribution in [0.25, 0.3) is 72.1 Å². The second-order valence-electron chi connectivity index (χ2n) is 11.5. The molecule has 0 saturated heterocycles. The lowest BCUT2D eigenvalue weighted by atomic mass is 9.81. The highest BCUT2D eigenvalue weighted by atomic mass is 15.2. The molecule has 1 aliphatic rings. The first-order chi connectivity index (χ1) is 20.6. The number of rotatable bonds is 2. The van der Waals surface area contributed by atoms with E-state index in [-0.39, 0.29) is 5.41 Å². The van der Waals surface area contributed by atoms with Gasteiger partial charge >= 0.3 is 0 Å². The SMILES string of the molecule is CC1(C)c2ccccc2-c2c1c1c(c3ccccc3n1-c1nc(-c3ccccc3)c3ccccc3n1)c1nccnc21. The molecule has 0 fully saturated rings. The number of hydrogen-bond acceptors (Lipinski definition) is 4. The zero-order valence-electron chi connectivity index (χ0n) is 23.2. The molecule has 0 unspecified atom stereocenters. The molecular weight excluding hydrogens is 514 g/mol. The summed E-state index contributed by atoms with van der Waals surface area (Å²) in [6, 6.07) is 35.9. The summed E-state index contributed by atoms with van der Waals surface area (Å²) in [6.45, 7) is 4.63. The summed E-state index contributed by atoms with van der Waals surface area (Å²) in [5, 5.41) is 3.24. The number of aromatic nitrogens is 5. The van der Waals surface area contributed by atoms with Crippen LogP contribution >= 0.6 is 0 Å². The van der Waals surface area contributed by atoms with Gasteiger partial charge in [-0.15, -0.1) is 0 Å². The predicted octanol–water partition coefficient (Wildman–Crippen LogP) is 8.64. The van der Waals surface area contributed by atoms with Crippen LogP contribution in [0.1, 0.15) is 25.0 Å². The Hall–Kier alpha value is -5.42. The molecule has 0 radical (unpaired) electrons. The number of para-hydroxylation sites is 2. The molecule has 3 aromatic heterocycles. The molecule has 5 heteroatoms. The normalized spacial score (nSPS) is 13.7. The topological polar surface area (TPSA) is 56.5 Å². The summed E-state index contributed by atoms with van der Waals surface area (Å²) in [7, 11) is 0. The third-order valence-electron chi connectivity index (χ3n) is 8.87. The molecule has 0 bridgehead atoms. The first-order valence-corrected chi connectivity index (χ1v) is 14.3. The summed E-state index contributed by atoms with van der Waals surface area (Å²) in [4.78, 5) is 20.5. The van der Waals surface area contributed by atoms with Gasteiger partial charge in [-0.3, -0.25) is 14.5 Å². The lowest BCUT2D eigenvalue weighted by Gasteiger charge is -2.24. The average molecular weight is 540 g/mol. The fraction of sp³-hybridized carbons (Fsp3) is 0.0811. The van der Waals surface area contributed by atoms with Crippen LogP contribution in [0.5, 0.6) is 0 Å². The number of hydrogen-bond donors (Lipinski definition) is 0. The second kappa shape index (κ2) is 8.30. The minimum Gasteiger partial charge on any atom is -0.277 e. The third kappa shape index (κ3) is 2.97. The van der Waals surface area contributed by atoms with Crippen LogP contribution in [0.4, 0.5) is 0 Å². The lowest BCUT2D eigenvalue weighted by Crippen LogP contribution is -2.17. The Kier molecular flexibility index (Phi) is 4.61. The van der Waals surface area contributed by atoms with Crippen LogP contribution in [0.15, 0.2) is 116 Å². The molecule has 5 aromatic carbocycles. The van der Waals surface area contributed by atoms with Gasteiger partial charge in [-0.1, -0.05) is 105 Å². The van der Waals surface area contributed by atoms with Crippen LogP contribution in [0.2, 0.25) is 0 Å².